The van der Waals surface area contributed by atoms with Crippen molar-refractivity contribution in [1.29, 1.82) is 0 Å². The van der Waals surface area contributed by atoms with E-state index >= 15 is 0 Å². The van der Waals surface area contributed by atoms with E-state index in [1.165, 1.54) is 25.1 Å². The summed E-state index contributed by atoms with van der Waals surface area (Å²) >= 11 is 9.26. The molecule has 0 saturated heterocycles. The van der Waals surface area contributed by atoms with Gasteiger partial charge in [0, 0.05) is 17.3 Å². The molecule has 1 unspecified atom stereocenters. The molecule has 0 bridgehead atoms. The van der Waals surface area contributed by atoms with Gasteiger partial charge in [-0.1, -0.05) is 17.7 Å². The molecule has 0 amide bonds. The number of H-pyrrole nitrogens is 1. The zero-order valence-corrected chi connectivity index (χ0v) is 19.5. The van der Waals surface area contributed by atoms with E-state index in [2.05, 4.69) is 30.6 Å². The Morgan fingerprint density at radius 3 is 2.53 bits per heavy atom. The number of aliphatic hydroxyl groups excluding tert-OH is 1. The van der Waals surface area contributed by atoms with Crippen molar-refractivity contribution in [3.63, 3.8) is 0 Å². The number of hydrogen-bond acceptors (Lipinski definition) is 4. The van der Waals surface area contributed by atoms with Gasteiger partial charge in [-0.05, 0) is 67.0 Å². The van der Waals surface area contributed by atoms with E-state index in [9.17, 15) is 17.9 Å². The van der Waals surface area contributed by atoms with Crippen molar-refractivity contribution in [2.75, 3.05) is 0 Å². The highest BCUT2D eigenvalue weighted by Gasteiger charge is 2.31. The molecule has 3 aromatic rings. The van der Waals surface area contributed by atoms with Gasteiger partial charge in [0.2, 0.25) is 10.0 Å². The molecule has 10 heteroatoms. The molecule has 1 heterocycles. The van der Waals surface area contributed by atoms with Crippen LogP contribution in [0.2, 0.25) is 5.02 Å². The molecule has 0 saturated carbocycles. The van der Waals surface area contributed by atoms with Gasteiger partial charge in [0.25, 0.3) is 0 Å². The van der Waals surface area contributed by atoms with Crippen molar-refractivity contribution >= 4 is 37.6 Å². The lowest BCUT2D eigenvalue weighted by Gasteiger charge is -2.29. The van der Waals surface area contributed by atoms with Crippen LogP contribution in [0.4, 0.5) is 4.39 Å². The molecule has 1 aromatic heterocycles. The van der Waals surface area contributed by atoms with Crippen LogP contribution in [0, 0.1) is 5.82 Å². The standard InChI is InChI=1S/C20H20BrClFN3O3S/c1-11(27)20(2,3)26-30(28,29)18-9-13(5-7-15(18)22)19-24-10-17(25-19)12-4-6-14(21)16(23)8-12/h4-11,26-27H,1-3H3,(H,24,25). The smallest absolute Gasteiger partial charge is 0.242 e. The maximum Gasteiger partial charge on any atom is 0.242 e. The summed E-state index contributed by atoms with van der Waals surface area (Å²) in [6, 6.07) is 9.14. The summed E-state index contributed by atoms with van der Waals surface area (Å²) in [4.78, 5) is 7.28. The van der Waals surface area contributed by atoms with E-state index in [1.54, 1.807) is 38.2 Å². The first-order valence-corrected chi connectivity index (χ1v) is 11.6. The van der Waals surface area contributed by atoms with Gasteiger partial charge in [-0.25, -0.2) is 22.5 Å². The number of hydrogen-bond donors (Lipinski definition) is 3. The summed E-state index contributed by atoms with van der Waals surface area (Å²) in [5, 5.41) is 9.87. The number of benzene rings is 2. The molecule has 3 rings (SSSR count). The van der Waals surface area contributed by atoms with Gasteiger partial charge in [0.1, 0.15) is 16.5 Å². The number of nitrogens with zero attached hydrogens (tertiary/aromatic N) is 1. The van der Waals surface area contributed by atoms with Crippen molar-refractivity contribution in [2.24, 2.45) is 0 Å². The predicted octanol–water partition coefficient (Wildman–Crippen LogP) is 4.74. The first-order valence-electron chi connectivity index (χ1n) is 8.93. The Balaban J connectivity index is 1.98. The molecule has 0 radical (unpaired) electrons. The Morgan fingerprint density at radius 1 is 1.23 bits per heavy atom. The van der Waals surface area contributed by atoms with Crippen LogP contribution in [0.5, 0.6) is 0 Å². The Hall–Kier alpha value is -1.78. The monoisotopic (exact) mass is 515 g/mol. The van der Waals surface area contributed by atoms with Crippen LogP contribution in [0.3, 0.4) is 0 Å². The SMILES string of the molecule is CC(O)C(C)(C)NS(=O)(=O)c1cc(-c2nc(-c3ccc(Br)c(F)c3)c[nH]2)ccc1Cl. The molecule has 0 spiro atoms. The largest absolute Gasteiger partial charge is 0.391 e. The van der Waals surface area contributed by atoms with Crippen LogP contribution in [0.15, 0.2) is 52.0 Å². The van der Waals surface area contributed by atoms with Crippen molar-refractivity contribution in [3.8, 4) is 22.6 Å². The van der Waals surface area contributed by atoms with Gasteiger partial charge in [-0.15, -0.1) is 0 Å². The molecule has 2 aromatic carbocycles. The second-order valence-corrected chi connectivity index (χ2v) is 10.3. The first-order chi connectivity index (χ1) is 13.9. The average Bonchev–Trinajstić information content (AvgIpc) is 3.13. The lowest BCUT2D eigenvalue weighted by molar-refractivity contribution is 0.111. The molecule has 1 atom stereocenters. The minimum absolute atomic E-state index is 0.0365. The van der Waals surface area contributed by atoms with Crippen LogP contribution < -0.4 is 4.72 Å². The minimum atomic E-state index is -4.02. The zero-order valence-electron chi connectivity index (χ0n) is 16.4. The summed E-state index contributed by atoms with van der Waals surface area (Å²) in [6.45, 7) is 4.64. The summed E-state index contributed by atoms with van der Waals surface area (Å²) in [5.41, 5.74) is 0.463. The third kappa shape index (κ3) is 4.76. The van der Waals surface area contributed by atoms with E-state index < -0.39 is 27.5 Å². The summed E-state index contributed by atoms with van der Waals surface area (Å²) in [6.07, 6.45) is 0.684. The van der Waals surface area contributed by atoms with E-state index in [0.717, 1.165) is 0 Å². The average molecular weight is 517 g/mol. The Bertz CT molecular complexity index is 1200. The predicted molar refractivity (Wildman–Crippen MR) is 118 cm³/mol. The molecular weight excluding hydrogens is 497 g/mol. The van der Waals surface area contributed by atoms with Crippen molar-refractivity contribution in [3.05, 3.63) is 57.9 Å². The number of nitrogens with one attached hydrogen (secondary N) is 2. The lowest BCUT2D eigenvalue weighted by Crippen LogP contribution is -2.50. The highest BCUT2D eigenvalue weighted by Crippen LogP contribution is 2.30. The van der Waals surface area contributed by atoms with Crippen LogP contribution in [-0.2, 0) is 10.0 Å². The van der Waals surface area contributed by atoms with Crippen LogP contribution >= 0.6 is 27.5 Å². The van der Waals surface area contributed by atoms with E-state index in [0.29, 0.717) is 27.1 Å². The second kappa shape index (κ2) is 8.39. The van der Waals surface area contributed by atoms with Gasteiger partial charge in [-0.2, -0.15) is 0 Å². The Kier molecular flexibility index (Phi) is 6.41. The third-order valence-electron chi connectivity index (χ3n) is 4.73. The van der Waals surface area contributed by atoms with Crippen molar-refractivity contribution in [1.82, 2.24) is 14.7 Å². The molecule has 160 valence electrons. The molecular formula is C20H20BrClFN3O3S. The van der Waals surface area contributed by atoms with Crippen molar-refractivity contribution < 1.29 is 17.9 Å². The van der Waals surface area contributed by atoms with Crippen LogP contribution in [0.25, 0.3) is 22.6 Å². The first kappa shape index (κ1) is 22.9. The third-order valence-corrected chi connectivity index (χ3v) is 7.53. The number of sulfonamides is 1. The lowest BCUT2D eigenvalue weighted by atomic mass is 10.0. The second-order valence-electron chi connectivity index (χ2n) is 7.41. The molecule has 6 nitrogen and oxygen atoms in total. The fourth-order valence-electron chi connectivity index (χ4n) is 2.62. The zero-order chi connectivity index (χ0) is 22.3. The number of halogens is 3. The Labute approximate surface area is 187 Å². The summed E-state index contributed by atoms with van der Waals surface area (Å²) in [7, 11) is -4.02. The number of imidazole rings is 1. The van der Waals surface area contributed by atoms with Crippen LogP contribution in [-0.4, -0.2) is 35.1 Å². The summed E-state index contributed by atoms with van der Waals surface area (Å²) < 4.78 is 42.4. The van der Waals surface area contributed by atoms with Crippen LogP contribution in [0.1, 0.15) is 20.8 Å². The van der Waals surface area contributed by atoms with Gasteiger partial charge >= 0.3 is 0 Å². The molecule has 0 aliphatic carbocycles. The van der Waals surface area contributed by atoms with Crippen molar-refractivity contribution in [2.45, 2.75) is 37.3 Å². The Morgan fingerprint density at radius 2 is 1.90 bits per heavy atom. The molecule has 0 fully saturated rings. The molecule has 30 heavy (non-hydrogen) atoms. The highest BCUT2D eigenvalue weighted by molar-refractivity contribution is 9.10. The maximum absolute atomic E-state index is 13.8. The number of rotatable bonds is 6. The number of aliphatic hydroxyl groups is 1. The number of aromatic amines is 1. The van der Waals surface area contributed by atoms with Gasteiger partial charge in [0.15, 0.2) is 0 Å². The molecule has 0 aliphatic rings. The topological polar surface area (TPSA) is 95.1 Å². The van der Waals surface area contributed by atoms with Gasteiger partial charge in [0.05, 0.1) is 26.8 Å². The minimum Gasteiger partial charge on any atom is -0.391 e. The fraction of sp³-hybridized carbons (Fsp3) is 0.250. The molecule has 0 aliphatic heterocycles. The van der Waals surface area contributed by atoms with E-state index in [4.69, 9.17) is 11.6 Å². The van der Waals surface area contributed by atoms with Gasteiger partial charge in [-0.3, -0.25) is 0 Å². The van der Waals surface area contributed by atoms with E-state index in [-0.39, 0.29) is 9.92 Å². The quantitative estimate of drug-likeness (QED) is 0.441. The van der Waals surface area contributed by atoms with E-state index in [1.807, 2.05) is 0 Å². The maximum atomic E-state index is 13.8. The summed E-state index contributed by atoms with van der Waals surface area (Å²) in [5.74, 6) is -0.0139. The highest BCUT2D eigenvalue weighted by atomic mass is 79.9. The van der Waals surface area contributed by atoms with Gasteiger partial charge < -0.3 is 10.1 Å². The number of aromatic nitrogens is 2. The fourth-order valence-corrected chi connectivity index (χ4v) is 4.86. The normalized spacial score (nSPS) is 13.4. The molecule has 3 N–H and O–H groups in total.